The monoisotopic (exact) mass is 245 g/mol. The number of nitrogens with one attached hydrogen (secondary N) is 1. The molecule has 0 aliphatic carbocycles. The van der Waals surface area contributed by atoms with Crippen LogP contribution in [0.15, 0.2) is 30.3 Å². The standard InChI is InChI=1S/C14H15NO3/c1-8-9(2)14(18)11(7-13(8)17)15-10-5-3-4-6-12(10)16/h3-7,15-18H,1-2H3. The molecule has 2 aromatic carbocycles. The maximum atomic E-state index is 10.00. The van der Waals surface area contributed by atoms with Crippen LogP contribution in [0, 0.1) is 13.8 Å². The summed E-state index contributed by atoms with van der Waals surface area (Å²) in [7, 11) is 0. The normalized spacial score (nSPS) is 10.3. The van der Waals surface area contributed by atoms with Gasteiger partial charge in [-0.1, -0.05) is 12.1 Å². The third-order valence-electron chi connectivity index (χ3n) is 3.01. The summed E-state index contributed by atoms with van der Waals surface area (Å²) < 4.78 is 0. The van der Waals surface area contributed by atoms with Gasteiger partial charge in [0.25, 0.3) is 0 Å². The SMILES string of the molecule is Cc1c(O)cc(Nc2ccccc2O)c(O)c1C. The van der Waals surface area contributed by atoms with Crippen molar-refractivity contribution in [2.75, 3.05) is 5.32 Å². The van der Waals surface area contributed by atoms with Gasteiger partial charge in [-0.15, -0.1) is 0 Å². The lowest BCUT2D eigenvalue weighted by Gasteiger charge is -2.14. The second kappa shape index (κ2) is 4.49. The molecule has 0 saturated carbocycles. The predicted octanol–water partition coefficient (Wildman–Crippen LogP) is 3.16. The number of hydrogen-bond donors (Lipinski definition) is 4. The largest absolute Gasteiger partial charge is 0.508 e. The van der Waals surface area contributed by atoms with Crippen LogP contribution in [0.1, 0.15) is 11.1 Å². The van der Waals surface area contributed by atoms with Crippen LogP contribution in [0.3, 0.4) is 0 Å². The Morgan fingerprint density at radius 1 is 0.833 bits per heavy atom. The first kappa shape index (κ1) is 12.1. The molecular formula is C14H15NO3. The van der Waals surface area contributed by atoms with Crippen molar-refractivity contribution >= 4 is 11.4 Å². The zero-order valence-electron chi connectivity index (χ0n) is 10.2. The van der Waals surface area contributed by atoms with Crippen molar-refractivity contribution in [2.45, 2.75) is 13.8 Å². The van der Waals surface area contributed by atoms with Gasteiger partial charge in [0.1, 0.15) is 17.2 Å². The van der Waals surface area contributed by atoms with Crippen molar-refractivity contribution in [3.63, 3.8) is 0 Å². The molecule has 2 rings (SSSR count). The van der Waals surface area contributed by atoms with Gasteiger partial charge in [-0.2, -0.15) is 0 Å². The van der Waals surface area contributed by atoms with E-state index in [9.17, 15) is 15.3 Å². The Hall–Kier alpha value is -2.36. The number of aromatic hydroxyl groups is 3. The lowest BCUT2D eigenvalue weighted by molar-refractivity contribution is 0.455. The third-order valence-corrected chi connectivity index (χ3v) is 3.01. The first-order valence-electron chi connectivity index (χ1n) is 5.58. The molecular weight excluding hydrogens is 230 g/mol. The van der Waals surface area contributed by atoms with Crippen LogP contribution in [0.25, 0.3) is 0 Å². The van der Waals surface area contributed by atoms with E-state index in [0.717, 1.165) is 0 Å². The molecule has 0 saturated heterocycles. The van der Waals surface area contributed by atoms with Gasteiger partial charge in [0.05, 0.1) is 11.4 Å². The van der Waals surface area contributed by atoms with Crippen LogP contribution in [-0.4, -0.2) is 15.3 Å². The highest BCUT2D eigenvalue weighted by Gasteiger charge is 2.12. The predicted molar refractivity (Wildman–Crippen MR) is 70.6 cm³/mol. The maximum Gasteiger partial charge on any atom is 0.142 e. The zero-order valence-corrected chi connectivity index (χ0v) is 10.2. The molecule has 0 aromatic heterocycles. The van der Waals surface area contributed by atoms with Crippen LogP contribution in [0.2, 0.25) is 0 Å². The molecule has 0 radical (unpaired) electrons. The van der Waals surface area contributed by atoms with Crippen molar-refractivity contribution in [1.82, 2.24) is 0 Å². The van der Waals surface area contributed by atoms with Crippen LogP contribution in [-0.2, 0) is 0 Å². The van der Waals surface area contributed by atoms with Crippen molar-refractivity contribution in [1.29, 1.82) is 0 Å². The van der Waals surface area contributed by atoms with E-state index >= 15 is 0 Å². The maximum absolute atomic E-state index is 10.00. The highest BCUT2D eigenvalue weighted by Crippen LogP contribution is 2.38. The minimum Gasteiger partial charge on any atom is -0.508 e. The molecule has 0 heterocycles. The lowest BCUT2D eigenvalue weighted by atomic mass is 10.1. The molecule has 94 valence electrons. The van der Waals surface area contributed by atoms with Crippen molar-refractivity contribution in [3.8, 4) is 17.2 Å². The number of para-hydroxylation sites is 2. The van der Waals surface area contributed by atoms with E-state index in [1.165, 1.54) is 6.07 Å². The summed E-state index contributed by atoms with van der Waals surface area (Å²) in [5.74, 6) is 0.242. The Kier molecular flexibility index (Phi) is 3.02. The average molecular weight is 245 g/mol. The fraction of sp³-hybridized carbons (Fsp3) is 0.143. The molecule has 0 bridgehead atoms. The van der Waals surface area contributed by atoms with Gasteiger partial charge < -0.3 is 20.6 Å². The molecule has 0 fully saturated rings. The van der Waals surface area contributed by atoms with E-state index in [1.807, 2.05) is 0 Å². The van der Waals surface area contributed by atoms with Crippen LogP contribution in [0.4, 0.5) is 11.4 Å². The molecule has 0 atom stereocenters. The summed E-state index contributed by atoms with van der Waals surface area (Å²) in [6.45, 7) is 3.45. The van der Waals surface area contributed by atoms with Gasteiger partial charge in [-0.3, -0.25) is 0 Å². The summed E-state index contributed by atoms with van der Waals surface area (Å²) >= 11 is 0. The van der Waals surface area contributed by atoms with E-state index in [2.05, 4.69) is 5.32 Å². The molecule has 0 unspecified atom stereocenters. The van der Waals surface area contributed by atoms with Gasteiger partial charge >= 0.3 is 0 Å². The smallest absolute Gasteiger partial charge is 0.142 e. The molecule has 4 N–H and O–H groups in total. The number of anilines is 2. The Balaban J connectivity index is 2.45. The Morgan fingerprint density at radius 2 is 1.50 bits per heavy atom. The summed E-state index contributed by atoms with van der Waals surface area (Å²) in [4.78, 5) is 0. The van der Waals surface area contributed by atoms with E-state index in [1.54, 1.807) is 38.1 Å². The Morgan fingerprint density at radius 3 is 2.17 bits per heavy atom. The quantitative estimate of drug-likeness (QED) is 0.484. The second-order valence-electron chi connectivity index (χ2n) is 4.18. The summed E-state index contributed by atoms with van der Waals surface area (Å²) in [5, 5.41) is 32.3. The van der Waals surface area contributed by atoms with Gasteiger partial charge in [0, 0.05) is 6.07 Å². The Bertz CT molecular complexity index is 594. The summed E-state index contributed by atoms with van der Waals surface area (Å²) in [6.07, 6.45) is 0. The number of rotatable bonds is 2. The van der Waals surface area contributed by atoms with Crippen molar-refractivity contribution in [2.24, 2.45) is 0 Å². The lowest BCUT2D eigenvalue weighted by Crippen LogP contribution is -1.94. The Labute approximate surface area is 105 Å². The number of hydrogen-bond acceptors (Lipinski definition) is 4. The minimum absolute atomic E-state index is 0.0635. The van der Waals surface area contributed by atoms with Gasteiger partial charge in [0.15, 0.2) is 0 Å². The van der Waals surface area contributed by atoms with Gasteiger partial charge in [-0.05, 0) is 37.1 Å². The third kappa shape index (κ3) is 2.05. The first-order valence-corrected chi connectivity index (χ1v) is 5.58. The molecule has 0 aliphatic heterocycles. The molecule has 4 heteroatoms. The molecule has 0 aliphatic rings. The fourth-order valence-electron chi connectivity index (χ4n) is 1.70. The van der Waals surface area contributed by atoms with Gasteiger partial charge in [-0.25, -0.2) is 0 Å². The number of phenolic OH excluding ortho intramolecular Hbond substituents is 3. The summed E-state index contributed by atoms with van der Waals surface area (Å²) in [5.41, 5.74) is 2.07. The van der Waals surface area contributed by atoms with Crippen molar-refractivity contribution < 1.29 is 15.3 Å². The topological polar surface area (TPSA) is 72.7 Å². The van der Waals surface area contributed by atoms with Crippen LogP contribution in [0.5, 0.6) is 17.2 Å². The highest BCUT2D eigenvalue weighted by molar-refractivity contribution is 5.73. The van der Waals surface area contributed by atoms with Crippen molar-refractivity contribution in [3.05, 3.63) is 41.5 Å². The number of benzene rings is 2. The molecule has 18 heavy (non-hydrogen) atoms. The van der Waals surface area contributed by atoms with Crippen LogP contribution >= 0.6 is 0 Å². The zero-order chi connectivity index (χ0) is 13.3. The van der Waals surface area contributed by atoms with E-state index in [0.29, 0.717) is 22.5 Å². The molecule has 2 aromatic rings. The second-order valence-corrected chi connectivity index (χ2v) is 4.18. The molecule has 4 nitrogen and oxygen atoms in total. The van der Waals surface area contributed by atoms with E-state index in [4.69, 9.17) is 0 Å². The summed E-state index contributed by atoms with van der Waals surface area (Å²) in [6, 6.07) is 8.13. The highest BCUT2D eigenvalue weighted by atomic mass is 16.3. The number of phenols is 3. The molecule has 0 spiro atoms. The fourth-order valence-corrected chi connectivity index (χ4v) is 1.70. The van der Waals surface area contributed by atoms with E-state index in [-0.39, 0.29) is 17.2 Å². The van der Waals surface area contributed by atoms with E-state index < -0.39 is 0 Å². The van der Waals surface area contributed by atoms with Gasteiger partial charge in [0.2, 0.25) is 0 Å². The molecule has 0 amide bonds. The van der Waals surface area contributed by atoms with Crippen LogP contribution < -0.4 is 5.32 Å². The average Bonchev–Trinajstić information content (AvgIpc) is 2.36. The minimum atomic E-state index is 0.0635. The first-order chi connectivity index (χ1) is 8.50.